The van der Waals surface area contributed by atoms with Crippen molar-refractivity contribution in [3.63, 3.8) is 0 Å². The van der Waals surface area contributed by atoms with Gasteiger partial charge in [0.1, 0.15) is 0 Å². The lowest BCUT2D eigenvalue weighted by molar-refractivity contribution is -0.139. The molecule has 0 bridgehead atoms. The number of hydrogen-bond acceptors (Lipinski definition) is 4. The van der Waals surface area contributed by atoms with Crippen LogP contribution in [0.5, 0.6) is 0 Å². The van der Waals surface area contributed by atoms with Gasteiger partial charge in [0.2, 0.25) is 5.95 Å². The first-order chi connectivity index (χ1) is 8.29. The highest BCUT2D eigenvalue weighted by atomic mass is 19.4. The Balaban J connectivity index is 2.82. The average Bonchev–Trinajstić information content (AvgIpc) is 2.25. The summed E-state index contributed by atoms with van der Waals surface area (Å²) in [7, 11) is 0. The number of aromatic carboxylic acids is 1. The van der Waals surface area contributed by atoms with Gasteiger partial charge in [0.25, 0.3) is 0 Å². The lowest BCUT2D eigenvalue weighted by Gasteiger charge is -2.10. The van der Waals surface area contributed by atoms with E-state index in [1.807, 2.05) is 0 Å². The van der Waals surface area contributed by atoms with E-state index in [0.717, 1.165) is 18.2 Å². The minimum Gasteiger partial charge on any atom is -0.478 e. The van der Waals surface area contributed by atoms with Gasteiger partial charge in [-0.1, -0.05) is 0 Å². The number of carboxylic acids is 1. The number of carboxylic acid groups (broad SMARTS) is 1. The largest absolute Gasteiger partial charge is 0.478 e. The zero-order valence-electron chi connectivity index (χ0n) is 8.69. The van der Waals surface area contributed by atoms with E-state index >= 15 is 0 Å². The number of rotatable bonds is 1. The van der Waals surface area contributed by atoms with Crippen LogP contribution in [0.25, 0.3) is 10.9 Å². The minimum atomic E-state index is -4.73. The van der Waals surface area contributed by atoms with Crippen molar-refractivity contribution in [2.24, 2.45) is 0 Å². The maximum Gasteiger partial charge on any atom is 0.434 e. The molecular formula is C10H6F3N3O2. The molecule has 0 saturated carbocycles. The summed E-state index contributed by atoms with van der Waals surface area (Å²) in [6, 6.07) is 3.18. The predicted octanol–water partition coefficient (Wildman–Crippen LogP) is 1.93. The molecule has 0 saturated heterocycles. The van der Waals surface area contributed by atoms with Gasteiger partial charge in [-0.2, -0.15) is 13.2 Å². The second-order valence-corrected chi connectivity index (χ2v) is 3.47. The summed E-state index contributed by atoms with van der Waals surface area (Å²) in [5.74, 6) is -1.85. The molecule has 0 atom stereocenters. The smallest absolute Gasteiger partial charge is 0.434 e. The molecule has 0 aliphatic rings. The van der Waals surface area contributed by atoms with E-state index in [1.165, 1.54) is 0 Å². The molecule has 0 unspecified atom stereocenters. The molecule has 1 heterocycles. The van der Waals surface area contributed by atoms with Crippen molar-refractivity contribution < 1.29 is 23.1 Å². The van der Waals surface area contributed by atoms with E-state index in [0.29, 0.717) is 0 Å². The fraction of sp³-hybridized carbons (Fsp3) is 0.100. The van der Waals surface area contributed by atoms with E-state index < -0.39 is 29.2 Å². The SMILES string of the molecule is Nc1nc(C(F)(F)F)c2cc(C(=O)O)ccc2n1. The topological polar surface area (TPSA) is 89.1 Å². The molecule has 0 fully saturated rings. The summed E-state index contributed by atoms with van der Waals surface area (Å²) in [6.07, 6.45) is -4.73. The summed E-state index contributed by atoms with van der Waals surface area (Å²) in [6.45, 7) is 0. The third-order valence-corrected chi connectivity index (χ3v) is 2.23. The molecule has 1 aromatic carbocycles. The molecule has 2 aromatic rings. The van der Waals surface area contributed by atoms with Crippen LogP contribution >= 0.6 is 0 Å². The van der Waals surface area contributed by atoms with Crippen molar-refractivity contribution in [2.75, 3.05) is 5.73 Å². The number of benzene rings is 1. The second kappa shape index (κ2) is 3.83. The Morgan fingerprint density at radius 2 is 1.94 bits per heavy atom. The van der Waals surface area contributed by atoms with Crippen molar-refractivity contribution in [3.8, 4) is 0 Å². The van der Waals surface area contributed by atoms with Gasteiger partial charge in [-0.05, 0) is 18.2 Å². The Morgan fingerprint density at radius 1 is 1.28 bits per heavy atom. The molecule has 0 aliphatic heterocycles. The molecule has 0 radical (unpaired) electrons. The third-order valence-electron chi connectivity index (χ3n) is 2.23. The minimum absolute atomic E-state index is 0.0557. The number of alkyl halides is 3. The number of halogens is 3. The molecule has 1 aromatic heterocycles. The van der Waals surface area contributed by atoms with Gasteiger partial charge in [-0.3, -0.25) is 0 Å². The second-order valence-electron chi connectivity index (χ2n) is 3.47. The van der Waals surface area contributed by atoms with Crippen LogP contribution in [0.2, 0.25) is 0 Å². The maximum atomic E-state index is 12.7. The van der Waals surface area contributed by atoms with Gasteiger partial charge in [0, 0.05) is 5.39 Å². The number of aromatic nitrogens is 2. The first kappa shape index (κ1) is 12.1. The Bertz CT molecular complexity index is 640. The van der Waals surface area contributed by atoms with Crippen molar-refractivity contribution in [1.29, 1.82) is 0 Å². The van der Waals surface area contributed by atoms with Crippen LogP contribution in [0.3, 0.4) is 0 Å². The molecule has 94 valence electrons. The summed E-state index contributed by atoms with van der Waals surface area (Å²) in [5.41, 5.74) is 3.61. The quantitative estimate of drug-likeness (QED) is 0.814. The number of hydrogen-bond donors (Lipinski definition) is 2. The first-order valence-corrected chi connectivity index (χ1v) is 4.67. The van der Waals surface area contributed by atoms with Gasteiger partial charge in [0.05, 0.1) is 11.1 Å². The van der Waals surface area contributed by atoms with Crippen LogP contribution in [0.1, 0.15) is 16.1 Å². The van der Waals surface area contributed by atoms with Crippen LogP contribution < -0.4 is 5.73 Å². The fourth-order valence-electron chi connectivity index (χ4n) is 1.50. The van der Waals surface area contributed by atoms with Crippen LogP contribution in [0, 0.1) is 0 Å². The van der Waals surface area contributed by atoms with Gasteiger partial charge in [-0.25, -0.2) is 14.8 Å². The maximum absolute atomic E-state index is 12.7. The zero-order valence-corrected chi connectivity index (χ0v) is 8.69. The third kappa shape index (κ3) is 2.04. The summed E-state index contributed by atoms with van der Waals surface area (Å²) in [5, 5.41) is 8.35. The predicted molar refractivity (Wildman–Crippen MR) is 55.9 cm³/mol. The lowest BCUT2D eigenvalue weighted by Crippen LogP contribution is -2.12. The Labute approximate surface area is 98.1 Å². The van der Waals surface area contributed by atoms with E-state index in [2.05, 4.69) is 9.97 Å². The Hall–Kier alpha value is -2.38. The first-order valence-electron chi connectivity index (χ1n) is 4.67. The van der Waals surface area contributed by atoms with Crippen molar-refractivity contribution >= 4 is 22.8 Å². The van der Waals surface area contributed by atoms with E-state index in [4.69, 9.17) is 10.8 Å². The van der Waals surface area contributed by atoms with E-state index in [-0.39, 0.29) is 11.1 Å². The van der Waals surface area contributed by atoms with Gasteiger partial charge < -0.3 is 10.8 Å². The van der Waals surface area contributed by atoms with Crippen LogP contribution in [0.15, 0.2) is 18.2 Å². The summed E-state index contributed by atoms with van der Waals surface area (Å²) in [4.78, 5) is 17.5. The van der Waals surface area contributed by atoms with Gasteiger partial charge in [-0.15, -0.1) is 0 Å². The molecular weight excluding hydrogens is 251 g/mol. The summed E-state index contributed by atoms with van der Waals surface area (Å²) < 4.78 is 38.2. The highest BCUT2D eigenvalue weighted by molar-refractivity contribution is 5.94. The van der Waals surface area contributed by atoms with Crippen molar-refractivity contribution in [1.82, 2.24) is 9.97 Å². The normalized spacial score (nSPS) is 11.7. The van der Waals surface area contributed by atoms with Gasteiger partial charge in [0.15, 0.2) is 5.69 Å². The molecule has 0 spiro atoms. The van der Waals surface area contributed by atoms with Crippen LogP contribution in [-0.4, -0.2) is 21.0 Å². The molecule has 5 nitrogen and oxygen atoms in total. The molecule has 18 heavy (non-hydrogen) atoms. The highest BCUT2D eigenvalue weighted by Crippen LogP contribution is 2.33. The number of carbonyl (C=O) groups is 1. The average molecular weight is 257 g/mol. The standard InChI is InChI=1S/C10H6F3N3O2/c11-10(12,13)7-5-3-4(8(17)18)1-2-6(5)15-9(14)16-7/h1-3H,(H,17,18)(H2,14,15,16). The molecule has 0 amide bonds. The van der Waals surface area contributed by atoms with E-state index in [1.54, 1.807) is 0 Å². The molecule has 2 rings (SSSR count). The highest BCUT2D eigenvalue weighted by Gasteiger charge is 2.35. The molecule has 0 aliphatic carbocycles. The van der Waals surface area contributed by atoms with Crippen LogP contribution in [-0.2, 0) is 6.18 Å². The summed E-state index contributed by atoms with van der Waals surface area (Å²) >= 11 is 0. The number of nitrogen functional groups attached to an aromatic ring is 1. The number of nitrogens with zero attached hydrogens (tertiary/aromatic N) is 2. The fourth-order valence-corrected chi connectivity index (χ4v) is 1.50. The number of anilines is 1. The lowest BCUT2D eigenvalue weighted by atomic mass is 10.1. The van der Waals surface area contributed by atoms with Crippen LogP contribution in [0.4, 0.5) is 19.1 Å². The number of fused-ring (bicyclic) bond motifs is 1. The van der Waals surface area contributed by atoms with E-state index in [9.17, 15) is 18.0 Å². The van der Waals surface area contributed by atoms with Crippen molar-refractivity contribution in [3.05, 3.63) is 29.5 Å². The Kier molecular flexibility index (Phi) is 2.57. The monoisotopic (exact) mass is 257 g/mol. The van der Waals surface area contributed by atoms with Crippen molar-refractivity contribution in [2.45, 2.75) is 6.18 Å². The zero-order chi connectivity index (χ0) is 13.5. The molecule has 3 N–H and O–H groups in total. The van der Waals surface area contributed by atoms with Gasteiger partial charge >= 0.3 is 12.1 Å². The molecule has 8 heteroatoms. The number of nitrogens with two attached hydrogens (primary N) is 1. The Morgan fingerprint density at radius 3 is 2.50 bits per heavy atom.